The number of nitrogens with one attached hydrogen (secondary N) is 1. The Balaban J connectivity index is 1.43. The highest BCUT2D eigenvalue weighted by atomic mass is 16.7. The molecular formula is C35H41NO14. The van der Waals surface area contributed by atoms with Crippen LogP contribution in [-0.2, 0) is 39.8 Å². The summed E-state index contributed by atoms with van der Waals surface area (Å²) in [6.45, 7) is 5.47. The summed E-state index contributed by atoms with van der Waals surface area (Å²) in [5.41, 5.74) is -3.34. The Morgan fingerprint density at radius 3 is 2.30 bits per heavy atom. The Morgan fingerprint density at radius 2 is 1.68 bits per heavy atom. The number of fused-ring (bicyclic) bond motifs is 3. The van der Waals surface area contributed by atoms with Gasteiger partial charge in [-0.2, -0.15) is 0 Å². The number of hydrogen-bond acceptors (Lipinski definition) is 15. The fourth-order valence-electron chi connectivity index (χ4n) is 6.90. The minimum atomic E-state index is -2.07. The van der Waals surface area contributed by atoms with E-state index < -0.39 is 101 Å². The predicted octanol–water partition coefficient (Wildman–Crippen LogP) is 1.89. The topological polar surface area (TPSA) is 224 Å². The average Bonchev–Trinajstić information content (AvgIpc) is 3.04. The summed E-state index contributed by atoms with van der Waals surface area (Å²) >= 11 is 0. The van der Waals surface area contributed by atoms with Gasteiger partial charge in [0.1, 0.15) is 22.8 Å². The second kappa shape index (κ2) is 14.4. The minimum Gasteiger partial charge on any atom is -0.507 e. The van der Waals surface area contributed by atoms with Crippen molar-refractivity contribution < 1.29 is 68.1 Å². The molecule has 5 N–H and O–H groups in total. The molecule has 0 radical (unpaired) electrons. The number of Topliss-reactive ketones (excluding diaryl/α,β-unsaturated/α-hetero) is 1. The Morgan fingerprint density at radius 1 is 1.02 bits per heavy atom. The van der Waals surface area contributed by atoms with Crippen LogP contribution in [0.15, 0.2) is 18.2 Å². The van der Waals surface area contributed by atoms with Crippen molar-refractivity contribution in [3.8, 4) is 17.2 Å². The number of methoxy groups -OCH3 is 1. The van der Waals surface area contributed by atoms with E-state index in [0.29, 0.717) is 13.0 Å². The number of ether oxygens (including phenoxy) is 5. The highest BCUT2D eigenvalue weighted by molar-refractivity contribution is 6.31. The van der Waals surface area contributed by atoms with Crippen LogP contribution in [0.25, 0.3) is 0 Å². The summed E-state index contributed by atoms with van der Waals surface area (Å²) in [6.07, 6.45) is -5.46. The number of phenols is 2. The molecule has 2 aromatic rings. The number of benzene rings is 2. The lowest BCUT2D eigenvalue weighted by Crippen LogP contribution is -2.54. The van der Waals surface area contributed by atoms with Gasteiger partial charge in [0, 0.05) is 62.3 Å². The van der Waals surface area contributed by atoms with Gasteiger partial charge in [-0.15, -0.1) is 0 Å². The molecule has 0 aromatic heterocycles. The van der Waals surface area contributed by atoms with Crippen molar-refractivity contribution in [2.75, 3.05) is 13.7 Å². The fourth-order valence-corrected chi connectivity index (χ4v) is 6.90. The predicted molar refractivity (Wildman–Crippen MR) is 171 cm³/mol. The van der Waals surface area contributed by atoms with E-state index in [2.05, 4.69) is 5.32 Å². The lowest BCUT2D eigenvalue weighted by molar-refractivity contribution is -0.249. The summed E-state index contributed by atoms with van der Waals surface area (Å²) < 4.78 is 27.6. The summed E-state index contributed by atoms with van der Waals surface area (Å²) in [5, 5.41) is 48.8. The molecule has 1 fully saturated rings. The maximum absolute atomic E-state index is 13.9. The maximum atomic E-state index is 13.9. The van der Waals surface area contributed by atoms with Gasteiger partial charge < -0.3 is 49.4 Å². The second-order valence-corrected chi connectivity index (χ2v) is 12.8. The van der Waals surface area contributed by atoms with E-state index in [1.54, 1.807) is 6.92 Å². The van der Waals surface area contributed by atoms with Gasteiger partial charge in [-0.1, -0.05) is 12.1 Å². The van der Waals surface area contributed by atoms with Gasteiger partial charge in [0.25, 0.3) is 0 Å². The molecule has 1 aliphatic heterocycles. The average molecular weight is 700 g/mol. The van der Waals surface area contributed by atoms with Crippen molar-refractivity contribution in [2.45, 2.75) is 102 Å². The number of aliphatic hydroxyl groups is 2. The molecule has 3 aliphatic rings. The zero-order valence-electron chi connectivity index (χ0n) is 28.3. The number of aromatic hydroxyl groups is 2. The fraction of sp³-hybridized carbons (Fsp3) is 0.514. The van der Waals surface area contributed by atoms with Crippen molar-refractivity contribution in [3.63, 3.8) is 0 Å². The number of carbonyl (C=O) groups is 5. The third kappa shape index (κ3) is 6.96. The Kier molecular flexibility index (Phi) is 10.6. The standard InChI is InChI=1S/C35H41NO14/c1-15-30(40)21(36-11-7-10-24(48-17(3)38)49-18(4)39)12-25(47-15)50-23-14-35(45,16(2)37)13-20-27(23)34(44)29-28(32(20)42)31(41)19-8-6-9-22(46-5)26(19)33(29)43/h6,8-9,15,21,23-25,30,36,40,42,44-45H,7,10-14H2,1-5H3/t15?,21?,23-,25?,30?,35-/m0/s1. The summed E-state index contributed by atoms with van der Waals surface area (Å²) in [4.78, 5) is 63.0. The number of rotatable bonds is 11. The van der Waals surface area contributed by atoms with Crippen molar-refractivity contribution in [1.29, 1.82) is 0 Å². The van der Waals surface area contributed by atoms with Crippen LogP contribution in [0.2, 0.25) is 0 Å². The molecule has 0 bridgehead atoms. The zero-order chi connectivity index (χ0) is 36.7. The third-order valence-electron chi connectivity index (χ3n) is 9.37. The van der Waals surface area contributed by atoms with Crippen molar-refractivity contribution >= 4 is 29.3 Å². The van der Waals surface area contributed by atoms with Crippen molar-refractivity contribution in [3.05, 3.63) is 51.6 Å². The molecule has 0 amide bonds. The Labute approximate surface area is 287 Å². The van der Waals surface area contributed by atoms with Gasteiger partial charge >= 0.3 is 11.9 Å². The molecular weight excluding hydrogens is 658 g/mol. The first-order valence-corrected chi connectivity index (χ1v) is 16.2. The molecule has 270 valence electrons. The first kappa shape index (κ1) is 36.9. The van der Waals surface area contributed by atoms with Crippen molar-refractivity contribution in [1.82, 2.24) is 5.32 Å². The van der Waals surface area contributed by atoms with Crippen LogP contribution in [0, 0.1) is 0 Å². The third-order valence-corrected chi connectivity index (χ3v) is 9.37. The molecule has 15 heteroatoms. The van der Waals surface area contributed by atoms with Gasteiger partial charge in [-0.3, -0.25) is 24.0 Å². The smallest absolute Gasteiger partial charge is 0.305 e. The number of phenolic OH excluding ortho intramolecular Hbond substituents is 2. The normalized spacial score (nSPS) is 25.7. The maximum Gasteiger partial charge on any atom is 0.305 e. The van der Waals surface area contributed by atoms with Crippen LogP contribution in [0.4, 0.5) is 0 Å². The number of esters is 2. The van der Waals surface area contributed by atoms with Gasteiger partial charge in [0.05, 0.1) is 42.1 Å². The summed E-state index contributed by atoms with van der Waals surface area (Å²) in [7, 11) is 1.33. The van der Waals surface area contributed by atoms with Crippen LogP contribution in [0.1, 0.15) is 102 Å². The van der Waals surface area contributed by atoms with Crippen LogP contribution in [-0.4, -0.2) is 99.8 Å². The highest BCUT2D eigenvalue weighted by Gasteiger charge is 2.49. The van der Waals surface area contributed by atoms with E-state index in [9.17, 15) is 44.4 Å². The van der Waals surface area contributed by atoms with Crippen LogP contribution >= 0.6 is 0 Å². The van der Waals surface area contributed by atoms with Gasteiger partial charge in [0.2, 0.25) is 12.1 Å². The van der Waals surface area contributed by atoms with Crippen LogP contribution in [0.3, 0.4) is 0 Å². The SMILES string of the molecule is COc1cccc2c1C(=O)c1c(O)c3c(c(O)c1C2=O)C[C@@](O)(C(C)=O)C[C@@H]3OC1CC(NCCCC(OC(C)=O)OC(C)=O)C(O)C(C)O1. The van der Waals surface area contributed by atoms with E-state index in [1.807, 2.05) is 0 Å². The first-order valence-electron chi connectivity index (χ1n) is 16.2. The molecule has 15 nitrogen and oxygen atoms in total. The van der Waals surface area contributed by atoms with E-state index in [1.165, 1.54) is 39.2 Å². The second-order valence-electron chi connectivity index (χ2n) is 12.8. The van der Waals surface area contributed by atoms with Crippen LogP contribution in [0.5, 0.6) is 17.2 Å². The molecule has 5 rings (SSSR count). The van der Waals surface area contributed by atoms with Crippen LogP contribution < -0.4 is 10.1 Å². The zero-order valence-corrected chi connectivity index (χ0v) is 28.3. The molecule has 50 heavy (non-hydrogen) atoms. The number of ketones is 3. The summed E-state index contributed by atoms with van der Waals surface area (Å²) in [5.74, 6) is -4.62. The molecule has 2 aliphatic carbocycles. The van der Waals surface area contributed by atoms with E-state index in [0.717, 1.165) is 6.92 Å². The molecule has 4 unspecified atom stereocenters. The molecule has 0 saturated carbocycles. The molecule has 1 heterocycles. The van der Waals surface area contributed by atoms with Crippen molar-refractivity contribution in [2.24, 2.45) is 0 Å². The number of aliphatic hydroxyl groups excluding tert-OH is 1. The quantitative estimate of drug-likeness (QED) is 0.0834. The monoisotopic (exact) mass is 699 g/mol. The summed E-state index contributed by atoms with van der Waals surface area (Å²) in [6, 6.07) is 3.79. The van der Waals surface area contributed by atoms with Gasteiger partial charge in [-0.25, -0.2) is 0 Å². The lowest BCUT2D eigenvalue weighted by atomic mass is 9.72. The lowest BCUT2D eigenvalue weighted by Gasteiger charge is -2.43. The molecule has 1 saturated heterocycles. The first-order chi connectivity index (χ1) is 23.6. The highest BCUT2D eigenvalue weighted by Crippen LogP contribution is 2.52. The molecule has 0 spiro atoms. The largest absolute Gasteiger partial charge is 0.507 e. The number of carbonyl (C=O) groups excluding carboxylic acids is 5. The van der Waals surface area contributed by atoms with Gasteiger partial charge in [-0.05, 0) is 32.9 Å². The Hall–Kier alpha value is -4.41. The molecule has 2 aromatic carbocycles. The van der Waals surface area contributed by atoms with Gasteiger partial charge in [0.15, 0.2) is 17.9 Å². The Bertz CT molecular complexity index is 1710. The van der Waals surface area contributed by atoms with E-state index >= 15 is 0 Å². The number of hydrogen-bond donors (Lipinski definition) is 5. The molecule has 6 atom stereocenters. The van der Waals surface area contributed by atoms with E-state index in [4.69, 9.17) is 23.7 Å². The minimum absolute atomic E-state index is 0.0445. The van der Waals surface area contributed by atoms with E-state index in [-0.39, 0.29) is 47.3 Å².